The van der Waals surface area contributed by atoms with Gasteiger partial charge in [-0.15, -0.1) is 0 Å². The predicted octanol–water partition coefficient (Wildman–Crippen LogP) is 2.39. The summed E-state index contributed by atoms with van der Waals surface area (Å²) in [5.41, 5.74) is 0.392. The number of hydrogen-bond donors (Lipinski definition) is 2. The Morgan fingerprint density at radius 1 is 1.20 bits per heavy atom. The number of carboxylic acid groups (broad SMARTS) is 1. The SMILES string of the molecule is CC(C)(C)CCCCCC(=O)O.[O]=[Ti][OH]. The van der Waals surface area contributed by atoms with Gasteiger partial charge < -0.3 is 5.11 Å². The van der Waals surface area contributed by atoms with Crippen molar-refractivity contribution in [3.63, 3.8) is 0 Å². The summed E-state index contributed by atoms with van der Waals surface area (Å²) >= 11 is -1.75. The first-order valence-electron chi connectivity index (χ1n) is 5.06. The summed E-state index contributed by atoms with van der Waals surface area (Å²) < 4.78 is 15.8. The molecule has 0 rings (SSSR count). The summed E-state index contributed by atoms with van der Waals surface area (Å²) in [5.74, 6) is -0.675. The average molecular weight is 253 g/mol. The fourth-order valence-corrected chi connectivity index (χ4v) is 1.11. The van der Waals surface area contributed by atoms with Crippen molar-refractivity contribution in [3.05, 3.63) is 0 Å². The second-order valence-corrected chi connectivity index (χ2v) is 4.89. The minimum atomic E-state index is -1.75. The zero-order valence-electron chi connectivity index (χ0n) is 9.75. The van der Waals surface area contributed by atoms with Crippen molar-refractivity contribution >= 4 is 5.97 Å². The third-order valence-corrected chi connectivity index (χ3v) is 1.82. The number of aliphatic carboxylic acids is 1. The Hall–Kier alpha value is -0.0557. The van der Waals surface area contributed by atoms with E-state index in [4.69, 9.17) is 12.1 Å². The molecule has 2 N–H and O–H groups in total. The van der Waals surface area contributed by atoms with Gasteiger partial charge in [-0.1, -0.05) is 33.6 Å². The molecule has 89 valence electrons. The third-order valence-electron chi connectivity index (χ3n) is 1.82. The zero-order chi connectivity index (χ0) is 12.3. The van der Waals surface area contributed by atoms with E-state index in [1.807, 2.05) is 0 Å². The van der Waals surface area contributed by atoms with Crippen molar-refractivity contribution < 1.29 is 36.4 Å². The maximum absolute atomic E-state index is 10.2. The van der Waals surface area contributed by atoms with Crippen molar-refractivity contribution in [2.24, 2.45) is 5.41 Å². The van der Waals surface area contributed by atoms with Gasteiger partial charge in [0.2, 0.25) is 0 Å². The standard InChI is InChI=1S/C10H20O2.H2O.O.Ti/c1-10(2,3)8-6-4-5-7-9(11)12;;;/h4-8H2,1-3H3,(H,11,12);1H2;;/q;;;+1/p-1. The summed E-state index contributed by atoms with van der Waals surface area (Å²) in [6.07, 6.45) is 4.53. The maximum atomic E-state index is 10.2. The van der Waals surface area contributed by atoms with Crippen LogP contribution in [-0.2, 0) is 27.6 Å². The van der Waals surface area contributed by atoms with Crippen LogP contribution in [0.3, 0.4) is 0 Å². The molecule has 0 amide bonds. The van der Waals surface area contributed by atoms with Crippen molar-refractivity contribution in [2.75, 3.05) is 0 Å². The van der Waals surface area contributed by atoms with Gasteiger partial charge in [0.25, 0.3) is 0 Å². The Morgan fingerprint density at radius 3 is 2.00 bits per heavy atom. The van der Waals surface area contributed by atoms with E-state index >= 15 is 0 Å². The molecule has 4 nitrogen and oxygen atoms in total. The molecule has 0 fully saturated rings. The Bertz CT molecular complexity index is 175. The van der Waals surface area contributed by atoms with Gasteiger partial charge in [-0.25, -0.2) is 0 Å². The van der Waals surface area contributed by atoms with E-state index in [0.29, 0.717) is 11.8 Å². The molecule has 0 radical (unpaired) electrons. The molecule has 0 aromatic carbocycles. The molecule has 0 aliphatic rings. The van der Waals surface area contributed by atoms with Crippen LogP contribution < -0.4 is 0 Å². The molecule has 0 saturated heterocycles. The van der Waals surface area contributed by atoms with E-state index in [1.54, 1.807) is 0 Å². The van der Waals surface area contributed by atoms with Crippen molar-refractivity contribution in [1.82, 2.24) is 0 Å². The van der Waals surface area contributed by atoms with Gasteiger partial charge in [0.1, 0.15) is 0 Å². The monoisotopic (exact) mass is 253 g/mol. The molecular weight excluding hydrogens is 232 g/mol. The molecule has 0 spiro atoms. The second-order valence-electron chi connectivity index (χ2n) is 4.61. The first kappa shape index (κ1) is 17.3. The Labute approximate surface area is 101 Å². The number of hydrogen-bond acceptors (Lipinski definition) is 2. The van der Waals surface area contributed by atoms with Crippen LogP contribution in [0.2, 0.25) is 0 Å². The van der Waals surface area contributed by atoms with E-state index in [9.17, 15) is 4.79 Å². The van der Waals surface area contributed by atoms with Gasteiger partial charge in [-0.2, -0.15) is 0 Å². The number of rotatable bonds is 5. The van der Waals surface area contributed by atoms with Gasteiger partial charge in [-0.05, 0) is 18.3 Å². The zero-order valence-corrected chi connectivity index (χ0v) is 11.3. The predicted molar refractivity (Wildman–Crippen MR) is 53.1 cm³/mol. The summed E-state index contributed by atoms with van der Waals surface area (Å²) in [5, 5.41) is 8.37. The minimum absolute atomic E-state index is 0.324. The molecular formula is C10H21O4Ti. The average Bonchev–Trinajstić information content (AvgIpc) is 2.02. The van der Waals surface area contributed by atoms with Crippen LogP contribution in [-0.4, -0.2) is 14.8 Å². The number of carboxylic acids is 1. The van der Waals surface area contributed by atoms with E-state index in [2.05, 4.69) is 20.8 Å². The Morgan fingerprint density at radius 2 is 1.67 bits per heavy atom. The van der Waals surface area contributed by atoms with E-state index in [-0.39, 0.29) is 0 Å². The summed E-state index contributed by atoms with van der Waals surface area (Å²) in [6, 6.07) is 0. The van der Waals surface area contributed by atoms with Gasteiger partial charge in [-0.3, -0.25) is 4.79 Å². The van der Waals surface area contributed by atoms with E-state index in [1.165, 1.54) is 6.42 Å². The van der Waals surface area contributed by atoms with E-state index < -0.39 is 25.5 Å². The van der Waals surface area contributed by atoms with Crippen LogP contribution in [0, 0.1) is 5.41 Å². The molecule has 5 heteroatoms. The Balaban J connectivity index is 0. The van der Waals surface area contributed by atoms with Crippen molar-refractivity contribution in [1.29, 1.82) is 0 Å². The molecule has 0 unspecified atom stereocenters. The van der Waals surface area contributed by atoms with Crippen LogP contribution in [0.4, 0.5) is 0 Å². The van der Waals surface area contributed by atoms with Crippen LogP contribution in [0.5, 0.6) is 0 Å². The molecule has 0 aromatic heterocycles. The summed E-state index contributed by atoms with van der Waals surface area (Å²) in [4.78, 5) is 10.2. The number of carbonyl (C=O) groups is 1. The molecule has 0 aromatic rings. The van der Waals surface area contributed by atoms with Crippen molar-refractivity contribution in [3.8, 4) is 0 Å². The summed E-state index contributed by atoms with van der Waals surface area (Å²) in [7, 11) is 0. The molecule has 0 aliphatic carbocycles. The van der Waals surface area contributed by atoms with Crippen molar-refractivity contribution in [2.45, 2.75) is 52.9 Å². The van der Waals surface area contributed by atoms with E-state index in [0.717, 1.165) is 19.3 Å². The summed E-state index contributed by atoms with van der Waals surface area (Å²) in [6.45, 7) is 6.64. The molecule has 0 aliphatic heterocycles. The van der Waals surface area contributed by atoms with Gasteiger partial charge in [0, 0.05) is 6.42 Å². The normalized spacial score (nSPS) is 9.87. The molecule has 0 atom stereocenters. The third kappa shape index (κ3) is 24.9. The molecule has 0 heterocycles. The van der Waals surface area contributed by atoms with Crippen LogP contribution >= 0.6 is 0 Å². The molecule has 15 heavy (non-hydrogen) atoms. The number of unbranched alkanes of at least 4 members (excludes halogenated alkanes) is 2. The fraction of sp³-hybridized carbons (Fsp3) is 0.900. The first-order chi connectivity index (χ1) is 6.83. The van der Waals surface area contributed by atoms with Crippen LogP contribution in [0.1, 0.15) is 52.9 Å². The Kier molecular flexibility index (Phi) is 12.1. The van der Waals surface area contributed by atoms with Gasteiger partial charge in [0.15, 0.2) is 0 Å². The quantitative estimate of drug-likeness (QED) is 0.582. The topological polar surface area (TPSA) is 74.6 Å². The molecule has 0 bridgehead atoms. The first-order valence-corrected chi connectivity index (χ1v) is 6.40. The molecule has 0 saturated carbocycles. The van der Waals surface area contributed by atoms with Crippen LogP contribution in [0.25, 0.3) is 0 Å². The van der Waals surface area contributed by atoms with Gasteiger partial charge >= 0.3 is 32.5 Å². The fourth-order valence-electron chi connectivity index (χ4n) is 1.11. The second kappa shape index (κ2) is 10.5. The van der Waals surface area contributed by atoms with Gasteiger partial charge in [0.05, 0.1) is 0 Å². The van der Waals surface area contributed by atoms with Crippen LogP contribution in [0.15, 0.2) is 0 Å².